The zero-order chi connectivity index (χ0) is 11.4. The molecule has 0 unspecified atom stereocenters. The Bertz CT molecular complexity index is 479. The van der Waals surface area contributed by atoms with E-state index in [1.807, 2.05) is 6.07 Å². The van der Waals surface area contributed by atoms with Crippen LogP contribution in [0.2, 0.25) is 0 Å². The molecule has 1 heterocycles. The van der Waals surface area contributed by atoms with E-state index in [1.165, 1.54) is 6.26 Å². The Morgan fingerprint density at radius 3 is 2.75 bits per heavy atom. The van der Waals surface area contributed by atoms with Crippen molar-refractivity contribution in [2.45, 2.75) is 6.92 Å². The minimum Gasteiger partial charge on any atom is -0.432 e. The molecule has 1 N–H and O–H groups in total. The number of nitrogens with one attached hydrogen (secondary N) is 1. The van der Waals surface area contributed by atoms with E-state index >= 15 is 0 Å². The lowest BCUT2D eigenvalue weighted by Crippen LogP contribution is -2.16. The van der Waals surface area contributed by atoms with E-state index in [9.17, 15) is 4.79 Å². The first-order chi connectivity index (χ1) is 7.74. The highest BCUT2D eigenvalue weighted by Crippen LogP contribution is 2.11. The number of aryl methyl sites for hydroxylation is 1. The van der Waals surface area contributed by atoms with Crippen LogP contribution >= 0.6 is 0 Å². The first-order valence-corrected chi connectivity index (χ1v) is 4.70. The lowest BCUT2D eigenvalue weighted by Gasteiger charge is -2.02. The Labute approximate surface area is 92.1 Å². The van der Waals surface area contributed by atoms with E-state index in [0.29, 0.717) is 11.4 Å². The summed E-state index contributed by atoms with van der Waals surface area (Å²) in [5.41, 5.74) is 0.690. The van der Waals surface area contributed by atoms with Crippen molar-refractivity contribution in [1.82, 2.24) is 4.98 Å². The number of oxazole rings is 1. The number of carbonyl (C=O) groups excluding carboxylic acids is 1. The van der Waals surface area contributed by atoms with Crippen LogP contribution in [0.3, 0.4) is 0 Å². The predicted molar refractivity (Wildman–Crippen MR) is 57.3 cm³/mol. The summed E-state index contributed by atoms with van der Waals surface area (Å²) < 4.78 is 9.93. The lowest BCUT2D eigenvalue weighted by molar-refractivity contribution is 0.214. The Hall–Kier alpha value is -2.30. The second-order valence-electron chi connectivity index (χ2n) is 3.12. The molecule has 5 heteroatoms. The third kappa shape index (κ3) is 2.60. The summed E-state index contributed by atoms with van der Waals surface area (Å²) in [5, 5.41) is 2.37. The fourth-order valence-corrected chi connectivity index (χ4v) is 1.12. The second-order valence-corrected chi connectivity index (χ2v) is 3.12. The SMILES string of the molecule is Cc1coc(NC(=O)Oc2ccccc2)n1. The van der Waals surface area contributed by atoms with Crippen LogP contribution in [0.4, 0.5) is 10.8 Å². The fraction of sp³-hybridized carbons (Fsp3) is 0.0909. The number of para-hydroxylation sites is 1. The van der Waals surface area contributed by atoms with Crippen molar-refractivity contribution in [1.29, 1.82) is 0 Å². The van der Waals surface area contributed by atoms with Gasteiger partial charge in [0.05, 0.1) is 5.69 Å². The zero-order valence-electron chi connectivity index (χ0n) is 8.64. The quantitative estimate of drug-likeness (QED) is 0.841. The number of hydrogen-bond donors (Lipinski definition) is 1. The third-order valence-corrected chi connectivity index (χ3v) is 1.78. The number of rotatable bonds is 2. The van der Waals surface area contributed by atoms with E-state index < -0.39 is 6.09 Å². The molecule has 1 amide bonds. The van der Waals surface area contributed by atoms with Crippen LogP contribution in [0.15, 0.2) is 41.0 Å². The molecule has 0 saturated heterocycles. The second kappa shape index (κ2) is 4.48. The molecule has 0 aliphatic heterocycles. The highest BCUT2D eigenvalue weighted by atomic mass is 16.6. The average molecular weight is 218 g/mol. The number of aromatic nitrogens is 1. The van der Waals surface area contributed by atoms with Gasteiger partial charge in [0.25, 0.3) is 0 Å². The van der Waals surface area contributed by atoms with Gasteiger partial charge in [-0.15, -0.1) is 0 Å². The molecule has 0 bridgehead atoms. The van der Waals surface area contributed by atoms with Crippen molar-refractivity contribution in [2.24, 2.45) is 0 Å². The Morgan fingerprint density at radius 1 is 1.38 bits per heavy atom. The number of carbonyl (C=O) groups is 1. The van der Waals surface area contributed by atoms with Gasteiger partial charge in [-0.05, 0) is 19.1 Å². The number of amides is 1. The van der Waals surface area contributed by atoms with Gasteiger partial charge in [-0.1, -0.05) is 18.2 Å². The maximum atomic E-state index is 11.4. The largest absolute Gasteiger partial charge is 0.432 e. The van der Waals surface area contributed by atoms with Crippen LogP contribution in [0, 0.1) is 6.92 Å². The molecule has 0 atom stereocenters. The van der Waals surface area contributed by atoms with Gasteiger partial charge < -0.3 is 9.15 Å². The molecule has 1 aromatic carbocycles. The fourth-order valence-electron chi connectivity index (χ4n) is 1.12. The summed E-state index contributed by atoms with van der Waals surface area (Å²) in [6, 6.07) is 8.87. The smallest absolute Gasteiger partial charge is 0.420 e. The van der Waals surface area contributed by atoms with Crippen LogP contribution in [-0.4, -0.2) is 11.1 Å². The first kappa shape index (κ1) is 10.2. The standard InChI is InChI=1S/C11H10N2O3/c1-8-7-15-10(12-8)13-11(14)16-9-5-3-2-4-6-9/h2-7H,1H3,(H,12,13,14). The van der Waals surface area contributed by atoms with E-state index in [0.717, 1.165) is 0 Å². The van der Waals surface area contributed by atoms with Crippen LogP contribution in [0.25, 0.3) is 0 Å². The molecule has 82 valence electrons. The Morgan fingerprint density at radius 2 is 2.12 bits per heavy atom. The molecule has 2 aromatic rings. The summed E-state index contributed by atoms with van der Waals surface area (Å²) in [7, 11) is 0. The van der Waals surface area contributed by atoms with Crippen molar-refractivity contribution >= 4 is 12.1 Å². The van der Waals surface area contributed by atoms with E-state index in [-0.39, 0.29) is 6.01 Å². The van der Waals surface area contributed by atoms with Gasteiger partial charge >= 0.3 is 12.1 Å². The van der Waals surface area contributed by atoms with Gasteiger partial charge in [-0.3, -0.25) is 0 Å². The molecular formula is C11H10N2O3. The maximum Gasteiger partial charge on any atom is 0.420 e. The first-order valence-electron chi connectivity index (χ1n) is 4.70. The van der Waals surface area contributed by atoms with Crippen LogP contribution in [0.5, 0.6) is 5.75 Å². The summed E-state index contributed by atoms with van der Waals surface area (Å²) in [6.07, 6.45) is 0.811. The van der Waals surface area contributed by atoms with Crippen LogP contribution in [0.1, 0.15) is 5.69 Å². The number of nitrogens with zero attached hydrogens (tertiary/aromatic N) is 1. The Balaban J connectivity index is 1.95. The van der Waals surface area contributed by atoms with Crippen molar-refractivity contribution in [3.63, 3.8) is 0 Å². The molecule has 1 aromatic heterocycles. The summed E-state index contributed by atoms with van der Waals surface area (Å²) in [5.74, 6) is 0.461. The van der Waals surface area contributed by atoms with Gasteiger partial charge in [0.1, 0.15) is 12.0 Å². The van der Waals surface area contributed by atoms with Crippen molar-refractivity contribution in [3.05, 3.63) is 42.3 Å². The topological polar surface area (TPSA) is 64.4 Å². The van der Waals surface area contributed by atoms with Gasteiger partial charge in [-0.2, -0.15) is 4.98 Å². The summed E-state index contributed by atoms with van der Waals surface area (Å²) in [6.45, 7) is 1.76. The van der Waals surface area contributed by atoms with E-state index in [1.54, 1.807) is 31.2 Å². The normalized spacial score (nSPS) is 9.81. The van der Waals surface area contributed by atoms with Gasteiger partial charge in [0, 0.05) is 0 Å². The molecule has 0 aliphatic rings. The highest BCUT2D eigenvalue weighted by molar-refractivity contribution is 5.83. The number of anilines is 1. The van der Waals surface area contributed by atoms with Crippen molar-refractivity contribution in [2.75, 3.05) is 5.32 Å². The average Bonchev–Trinajstić information content (AvgIpc) is 2.65. The lowest BCUT2D eigenvalue weighted by atomic mass is 10.3. The molecule has 2 rings (SSSR count). The summed E-state index contributed by atoms with van der Waals surface area (Å²) in [4.78, 5) is 15.3. The van der Waals surface area contributed by atoms with Crippen LogP contribution in [-0.2, 0) is 0 Å². The Kier molecular flexibility index (Phi) is 2.86. The molecule has 0 aliphatic carbocycles. The monoisotopic (exact) mass is 218 g/mol. The van der Waals surface area contributed by atoms with E-state index in [4.69, 9.17) is 9.15 Å². The van der Waals surface area contributed by atoms with E-state index in [2.05, 4.69) is 10.3 Å². The minimum atomic E-state index is -0.631. The summed E-state index contributed by atoms with van der Waals surface area (Å²) >= 11 is 0. The van der Waals surface area contributed by atoms with Gasteiger partial charge in [0.2, 0.25) is 0 Å². The van der Waals surface area contributed by atoms with Crippen molar-refractivity contribution < 1.29 is 13.9 Å². The number of hydrogen-bond acceptors (Lipinski definition) is 4. The molecule has 0 spiro atoms. The number of benzene rings is 1. The predicted octanol–water partition coefficient (Wildman–Crippen LogP) is 2.59. The minimum absolute atomic E-state index is 0.124. The van der Waals surface area contributed by atoms with Crippen LogP contribution < -0.4 is 10.1 Å². The highest BCUT2D eigenvalue weighted by Gasteiger charge is 2.08. The molecular weight excluding hydrogens is 208 g/mol. The number of ether oxygens (including phenoxy) is 1. The van der Waals surface area contributed by atoms with Gasteiger partial charge in [-0.25, -0.2) is 10.1 Å². The molecule has 16 heavy (non-hydrogen) atoms. The maximum absolute atomic E-state index is 11.4. The third-order valence-electron chi connectivity index (χ3n) is 1.78. The zero-order valence-corrected chi connectivity index (χ0v) is 8.64. The van der Waals surface area contributed by atoms with Gasteiger partial charge in [0.15, 0.2) is 0 Å². The molecule has 5 nitrogen and oxygen atoms in total. The molecule has 0 saturated carbocycles. The van der Waals surface area contributed by atoms with Crippen molar-refractivity contribution in [3.8, 4) is 5.75 Å². The molecule has 0 radical (unpaired) electrons. The molecule has 0 fully saturated rings.